The summed E-state index contributed by atoms with van der Waals surface area (Å²) in [5.74, 6) is 0.213. The molecule has 1 aliphatic rings. The molecule has 19 heavy (non-hydrogen) atoms. The van der Waals surface area contributed by atoms with Gasteiger partial charge in [0.1, 0.15) is 0 Å². The van der Waals surface area contributed by atoms with E-state index in [2.05, 4.69) is 16.3 Å². The van der Waals surface area contributed by atoms with Gasteiger partial charge in [-0.05, 0) is 31.0 Å². The van der Waals surface area contributed by atoms with Crippen LogP contribution in [0.25, 0.3) is 0 Å². The third kappa shape index (κ3) is 5.48. The number of hydrogen-bond acceptors (Lipinski definition) is 4. The third-order valence-electron chi connectivity index (χ3n) is 3.19. The van der Waals surface area contributed by atoms with Gasteiger partial charge in [0.25, 0.3) is 0 Å². The second-order valence-corrected chi connectivity index (χ2v) is 5.74. The topological polar surface area (TPSA) is 35.6 Å². The number of halogens is 1. The number of carbonyl (C=O) groups is 1. The SMILES string of the molecule is CN(Cc1cccs1)C(=O)CN1CCCNCC1.Cl. The van der Waals surface area contributed by atoms with E-state index in [4.69, 9.17) is 0 Å². The highest BCUT2D eigenvalue weighted by molar-refractivity contribution is 7.09. The summed E-state index contributed by atoms with van der Waals surface area (Å²) >= 11 is 1.70. The number of carbonyl (C=O) groups excluding carboxylic acids is 1. The van der Waals surface area contributed by atoms with Gasteiger partial charge in [-0.1, -0.05) is 6.07 Å². The summed E-state index contributed by atoms with van der Waals surface area (Å²) in [6.07, 6.45) is 1.13. The highest BCUT2D eigenvalue weighted by Crippen LogP contribution is 2.11. The van der Waals surface area contributed by atoms with Crippen LogP contribution in [0.1, 0.15) is 11.3 Å². The fraction of sp³-hybridized carbons (Fsp3) is 0.615. The summed E-state index contributed by atoms with van der Waals surface area (Å²) < 4.78 is 0. The van der Waals surface area contributed by atoms with Crippen molar-refractivity contribution in [2.24, 2.45) is 0 Å². The van der Waals surface area contributed by atoms with Crippen molar-refractivity contribution in [2.45, 2.75) is 13.0 Å². The zero-order valence-corrected chi connectivity index (χ0v) is 12.9. The van der Waals surface area contributed by atoms with Crippen molar-refractivity contribution >= 4 is 29.7 Å². The fourth-order valence-electron chi connectivity index (χ4n) is 2.10. The fourth-order valence-corrected chi connectivity index (χ4v) is 2.85. The number of thiophene rings is 1. The predicted octanol–water partition coefficient (Wildman–Crippen LogP) is 1.42. The first kappa shape index (κ1) is 16.4. The van der Waals surface area contributed by atoms with Gasteiger partial charge in [-0.25, -0.2) is 0 Å². The van der Waals surface area contributed by atoms with Gasteiger partial charge in [-0.15, -0.1) is 23.7 Å². The quantitative estimate of drug-likeness (QED) is 0.914. The lowest BCUT2D eigenvalue weighted by Crippen LogP contribution is -2.39. The Morgan fingerprint density at radius 1 is 1.47 bits per heavy atom. The molecule has 4 nitrogen and oxygen atoms in total. The summed E-state index contributed by atoms with van der Waals surface area (Å²) in [5, 5.41) is 5.40. The minimum atomic E-state index is 0. The van der Waals surface area contributed by atoms with Crippen LogP contribution >= 0.6 is 23.7 Å². The van der Waals surface area contributed by atoms with Crippen molar-refractivity contribution < 1.29 is 4.79 Å². The van der Waals surface area contributed by atoms with Crippen molar-refractivity contribution in [1.29, 1.82) is 0 Å². The van der Waals surface area contributed by atoms with Crippen molar-refractivity contribution in [3.8, 4) is 0 Å². The van der Waals surface area contributed by atoms with Crippen molar-refractivity contribution in [2.75, 3.05) is 39.8 Å². The molecule has 1 amide bonds. The molecule has 1 aromatic rings. The number of rotatable bonds is 4. The highest BCUT2D eigenvalue weighted by atomic mass is 35.5. The predicted molar refractivity (Wildman–Crippen MR) is 82.0 cm³/mol. The molecule has 1 aromatic heterocycles. The molecule has 1 aliphatic heterocycles. The molecule has 0 aliphatic carbocycles. The van der Waals surface area contributed by atoms with Crippen LogP contribution in [-0.2, 0) is 11.3 Å². The van der Waals surface area contributed by atoms with Crippen LogP contribution in [0.15, 0.2) is 17.5 Å². The van der Waals surface area contributed by atoms with Crippen molar-refractivity contribution in [3.63, 3.8) is 0 Å². The molecule has 0 bridgehead atoms. The lowest BCUT2D eigenvalue weighted by molar-refractivity contribution is -0.131. The van der Waals surface area contributed by atoms with Gasteiger partial charge in [0.2, 0.25) is 5.91 Å². The Hall–Kier alpha value is -0.620. The largest absolute Gasteiger partial charge is 0.340 e. The van der Waals surface area contributed by atoms with Crippen LogP contribution < -0.4 is 5.32 Å². The van der Waals surface area contributed by atoms with E-state index in [1.54, 1.807) is 11.3 Å². The van der Waals surface area contributed by atoms with Crippen LogP contribution in [0, 0.1) is 0 Å². The van der Waals surface area contributed by atoms with Gasteiger partial charge in [-0.2, -0.15) is 0 Å². The molecule has 0 atom stereocenters. The second kappa shape index (κ2) is 8.53. The summed E-state index contributed by atoms with van der Waals surface area (Å²) in [6.45, 7) is 5.31. The summed E-state index contributed by atoms with van der Waals surface area (Å²) in [6, 6.07) is 4.10. The van der Waals surface area contributed by atoms with Crippen LogP contribution in [0.5, 0.6) is 0 Å². The zero-order valence-electron chi connectivity index (χ0n) is 11.3. The molecule has 0 aromatic carbocycles. The van der Waals surface area contributed by atoms with Gasteiger partial charge < -0.3 is 10.2 Å². The number of likely N-dealkylation sites (N-methyl/N-ethyl adjacent to an activating group) is 1. The van der Waals surface area contributed by atoms with Gasteiger partial charge in [-0.3, -0.25) is 9.69 Å². The van der Waals surface area contributed by atoms with Crippen LogP contribution in [0.2, 0.25) is 0 Å². The third-order valence-corrected chi connectivity index (χ3v) is 4.05. The molecule has 2 rings (SSSR count). The molecule has 1 fully saturated rings. The maximum Gasteiger partial charge on any atom is 0.236 e. The van der Waals surface area contributed by atoms with Crippen LogP contribution in [0.3, 0.4) is 0 Å². The standard InChI is InChI=1S/C13H21N3OS.ClH/c1-15(10-12-4-2-9-18-12)13(17)11-16-7-3-5-14-6-8-16;/h2,4,9,14H,3,5-8,10-11H2,1H3;1H. The Morgan fingerprint density at radius 2 is 2.32 bits per heavy atom. The van der Waals surface area contributed by atoms with Gasteiger partial charge in [0, 0.05) is 25.0 Å². The second-order valence-electron chi connectivity index (χ2n) is 4.71. The van der Waals surface area contributed by atoms with E-state index < -0.39 is 0 Å². The average Bonchev–Trinajstić information content (AvgIpc) is 2.72. The normalized spacial score (nSPS) is 16.5. The van der Waals surface area contributed by atoms with E-state index in [1.165, 1.54) is 4.88 Å². The minimum absolute atomic E-state index is 0. The molecule has 0 spiro atoms. The molecular formula is C13H22ClN3OS. The van der Waals surface area contributed by atoms with E-state index in [0.717, 1.165) is 39.1 Å². The molecule has 1 saturated heterocycles. The number of amides is 1. The highest BCUT2D eigenvalue weighted by Gasteiger charge is 2.15. The first-order valence-corrected chi connectivity index (χ1v) is 7.33. The summed E-state index contributed by atoms with van der Waals surface area (Å²) in [4.78, 5) is 17.4. The molecule has 0 radical (unpaired) electrons. The Bertz CT molecular complexity index is 364. The monoisotopic (exact) mass is 303 g/mol. The molecule has 0 saturated carbocycles. The maximum absolute atomic E-state index is 12.1. The number of nitrogens with one attached hydrogen (secondary N) is 1. The zero-order chi connectivity index (χ0) is 12.8. The summed E-state index contributed by atoms with van der Waals surface area (Å²) in [7, 11) is 1.89. The Balaban J connectivity index is 0.00000180. The number of nitrogens with zero attached hydrogens (tertiary/aromatic N) is 2. The van der Waals surface area contributed by atoms with E-state index >= 15 is 0 Å². The molecular weight excluding hydrogens is 282 g/mol. The molecule has 1 N–H and O–H groups in total. The Labute approximate surface area is 125 Å². The van der Waals surface area contributed by atoms with E-state index in [1.807, 2.05) is 23.4 Å². The smallest absolute Gasteiger partial charge is 0.236 e. The minimum Gasteiger partial charge on any atom is -0.340 e. The molecule has 108 valence electrons. The molecule has 0 unspecified atom stereocenters. The lowest BCUT2D eigenvalue weighted by atomic mass is 10.3. The maximum atomic E-state index is 12.1. The van der Waals surface area contributed by atoms with Gasteiger partial charge in [0.05, 0.1) is 13.1 Å². The van der Waals surface area contributed by atoms with Gasteiger partial charge in [0.15, 0.2) is 0 Å². The Morgan fingerprint density at radius 3 is 3.05 bits per heavy atom. The molecule has 6 heteroatoms. The van der Waals surface area contributed by atoms with E-state index in [0.29, 0.717) is 6.54 Å². The Kier molecular flexibility index (Phi) is 7.38. The van der Waals surface area contributed by atoms with Crippen molar-refractivity contribution in [1.82, 2.24) is 15.1 Å². The average molecular weight is 304 g/mol. The number of hydrogen-bond donors (Lipinski definition) is 1. The summed E-state index contributed by atoms with van der Waals surface area (Å²) in [5.41, 5.74) is 0. The van der Waals surface area contributed by atoms with Crippen LogP contribution in [-0.4, -0.2) is 55.5 Å². The molecule has 2 heterocycles. The van der Waals surface area contributed by atoms with E-state index in [-0.39, 0.29) is 18.3 Å². The first-order valence-electron chi connectivity index (χ1n) is 6.45. The lowest BCUT2D eigenvalue weighted by Gasteiger charge is -2.23. The van der Waals surface area contributed by atoms with E-state index in [9.17, 15) is 4.79 Å². The van der Waals surface area contributed by atoms with Crippen LogP contribution in [0.4, 0.5) is 0 Å². The van der Waals surface area contributed by atoms with Crippen molar-refractivity contribution in [3.05, 3.63) is 22.4 Å². The van der Waals surface area contributed by atoms with Gasteiger partial charge >= 0.3 is 0 Å². The first-order chi connectivity index (χ1) is 8.75.